The molecule has 3 amide bonds. The summed E-state index contributed by atoms with van der Waals surface area (Å²) in [6.45, 7) is 9.23. The normalized spacial score (nSPS) is 17.6. The first-order valence-corrected chi connectivity index (χ1v) is 14.5. The summed E-state index contributed by atoms with van der Waals surface area (Å²) in [7, 11) is 0. The summed E-state index contributed by atoms with van der Waals surface area (Å²) in [4.78, 5) is 42.1. The average Bonchev–Trinajstić information content (AvgIpc) is 2.97. The minimum atomic E-state index is -0.441. The van der Waals surface area contributed by atoms with Crippen LogP contribution in [-0.4, -0.2) is 72.6 Å². The lowest BCUT2D eigenvalue weighted by Crippen LogP contribution is -2.45. The van der Waals surface area contributed by atoms with E-state index in [2.05, 4.69) is 22.1 Å². The van der Waals surface area contributed by atoms with Gasteiger partial charge in [-0.1, -0.05) is 54.6 Å². The van der Waals surface area contributed by atoms with Gasteiger partial charge in [0, 0.05) is 56.7 Å². The zero-order valence-electron chi connectivity index (χ0n) is 23.5. The highest BCUT2D eigenvalue weighted by molar-refractivity contribution is 5.91. The molecule has 1 unspecified atom stereocenters. The Morgan fingerprint density at radius 3 is 2.35 bits per heavy atom. The van der Waals surface area contributed by atoms with Crippen LogP contribution in [-0.2, 0) is 14.3 Å². The van der Waals surface area contributed by atoms with E-state index < -0.39 is 6.09 Å². The van der Waals surface area contributed by atoms with Crippen molar-refractivity contribution in [1.82, 2.24) is 15.1 Å². The van der Waals surface area contributed by atoms with Crippen molar-refractivity contribution in [2.45, 2.75) is 57.6 Å². The molecule has 2 saturated heterocycles. The lowest BCUT2D eigenvalue weighted by Gasteiger charge is -2.34. The number of hydrogen-bond donors (Lipinski definition) is 2. The van der Waals surface area contributed by atoms with Crippen molar-refractivity contribution in [2.75, 3.05) is 38.0 Å². The molecule has 214 valence electrons. The fourth-order valence-electron chi connectivity index (χ4n) is 5.48. The van der Waals surface area contributed by atoms with E-state index in [-0.39, 0.29) is 29.9 Å². The molecular formula is C32H42N4O4. The van der Waals surface area contributed by atoms with Gasteiger partial charge in [-0.3, -0.25) is 14.9 Å². The number of likely N-dealkylation sites (tertiary alicyclic amines) is 2. The molecule has 8 heteroatoms. The molecule has 2 fully saturated rings. The van der Waals surface area contributed by atoms with Gasteiger partial charge in [-0.2, -0.15) is 0 Å². The monoisotopic (exact) mass is 546 g/mol. The number of nitrogens with one attached hydrogen (secondary N) is 2. The molecule has 8 nitrogen and oxygen atoms in total. The number of hydrogen-bond acceptors (Lipinski definition) is 5. The molecule has 0 spiro atoms. The molecule has 2 aliphatic rings. The van der Waals surface area contributed by atoms with Gasteiger partial charge in [0.2, 0.25) is 11.8 Å². The summed E-state index contributed by atoms with van der Waals surface area (Å²) >= 11 is 0. The van der Waals surface area contributed by atoms with Gasteiger partial charge in [-0.05, 0) is 50.7 Å². The predicted molar refractivity (Wildman–Crippen MR) is 158 cm³/mol. The second-order valence-corrected chi connectivity index (χ2v) is 10.8. The van der Waals surface area contributed by atoms with Gasteiger partial charge in [-0.25, -0.2) is 4.79 Å². The quantitative estimate of drug-likeness (QED) is 0.406. The summed E-state index contributed by atoms with van der Waals surface area (Å²) in [5.74, 6) is 0.203. The number of piperidine rings is 2. The molecule has 2 aromatic carbocycles. The summed E-state index contributed by atoms with van der Waals surface area (Å²) in [5, 5.41) is 5.96. The average molecular weight is 547 g/mol. The Morgan fingerprint density at radius 2 is 1.65 bits per heavy atom. The molecule has 0 aromatic heterocycles. The molecule has 0 aliphatic carbocycles. The second kappa shape index (κ2) is 14.7. The topological polar surface area (TPSA) is 91.0 Å². The first-order valence-electron chi connectivity index (χ1n) is 14.5. The molecule has 0 radical (unpaired) electrons. The number of amides is 3. The number of rotatable bonds is 10. The Morgan fingerprint density at radius 1 is 0.975 bits per heavy atom. The molecule has 2 N–H and O–H groups in total. The van der Waals surface area contributed by atoms with Crippen LogP contribution in [0.15, 0.2) is 67.3 Å². The van der Waals surface area contributed by atoms with E-state index in [0.717, 1.165) is 49.2 Å². The first kappa shape index (κ1) is 29.3. The number of anilines is 1. The third-order valence-corrected chi connectivity index (χ3v) is 7.83. The first-order chi connectivity index (χ1) is 19.4. The van der Waals surface area contributed by atoms with Crippen LogP contribution in [0, 0.1) is 5.92 Å². The number of benzene rings is 2. The fraction of sp³-hybridized carbons (Fsp3) is 0.469. The Balaban J connectivity index is 1.14. The summed E-state index contributed by atoms with van der Waals surface area (Å²) in [6.07, 6.45) is 5.35. The predicted octanol–water partition coefficient (Wildman–Crippen LogP) is 5.08. The van der Waals surface area contributed by atoms with Crippen molar-refractivity contribution in [3.8, 4) is 11.1 Å². The van der Waals surface area contributed by atoms with E-state index in [4.69, 9.17) is 4.74 Å². The molecule has 0 bridgehead atoms. The van der Waals surface area contributed by atoms with E-state index in [1.165, 1.54) is 0 Å². The fourth-order valence-corrected chi connectivity index (χ4v) is 5.48. The largest absolute Gasteiger partial charge is 0.446 e. The van der Waals surface area contributed by atoms with Crippen molar-refractivity contribution in [3.05, 3.63) is 67.3 Å². The number of para-hydroxylation sites is 1. The van der Waals surface area contributed by atoms with Crippen LogP contribution in [0.25, 0.3) is 11.1 Å². The van der Waals surface area contributed by atoms with E-state index in [9.17, 15) is 14.4 Å². The molecular weight excluding hydrogens is 504 g/mol. The maximum Gasteiger partial charge on any atom is 0.411 e. The van der Waals surface area contributed by atoms with Crippen molar-refractivity contribution in [3.63, 3.8) is 0 Å². The van der Waals surface area contributed by atoms with E-state index >= 15 is 0 Å². The Labute approximate surface area is 237 Å². The van der Waals surface area contributed by atoms with Gasteiger partial charge in [0.15, 0.2) is 0 Å². The van der Waals surface area contributed by atoms with Crippen LogP contribution >= 0.6 is 0 Å². The van der Waals surface area contributed by atoms with E-state index in [1.54, 1.807) is 0 Å². The third kappa shape index (κ3) is 8.42. The Bertz CT molecular complexity index is 1140. The zero-order valence-corrected chi connectivity index (χ0v) is 23.5. The van der Waals surface area contributed by atoms with E-state index in [1.807, 2.05) is 72.5 Å². The van der Waals surface area contributed by atoms with Crippen LogP contribution < -0.4 is 10.6 Å². The smallest absolute Gasteiger partial charge is 0.411 e. The molecule has 2 aromatic rings. The van der Waals surface area contributed by atoms with Gasteiger partial charge in [-0.15, -0.1) is 6.58 Å². The lowest BCUT2D eigenvalue weighted by molar-refractivity contribution is -0.136. The highest BCUT2D eigenvalue weighted by Gasteiger charge is 2.28. The Kier molecular flexibility index (Phi) is 10.7. The van der Waals surface area contributed by atoms with Crippen LogP contribution in [0.5, 0.6) is 0 Å². The summed E-state index contributed by atoms with van der Waals surface area (Å²) in [5.41, 5.74) is 2.71. The summed E-state index contributed by atoms with van der Waals surface area (Å²) < 4.78 is 5.73. The molecule has 1 atom stereocenters. The summed E-state index contributed by atoms with van der Waals surface area (Å²) in [6, 6.07) is 17.7. The zero-order chi connectivity index (χ0) is 28.3. The van der Waals surface area contributed by atoms with Crippen molar-refractivity contribution < 1.29 is 19.1 Å². The standard InChI is InChI=1S/C32H42N4O4/c1-3-9-24(2)33-31(38)26-14-22-36(23-15-26)30(37)18-21-35-19-16-27(17-20-35)40-32(39)34-29-13-8-7-12-28(29)25-10-5-4-6-11-25/h3-8,10-13,24,26-27H,1,9,14-23H2,2H3,(H,33,38)(H,34,39). The van der Waals surface area contributed by atoms with Gasteiger partial charge in [0.1, 0.15) is 6.10 Å². The highest BCUT2D eigenvalue weighted by atomic mass is 16.6. The number of carbonyl (C=O) groups excluding carboxylic acids is 3. The SMILES string of the molecule is C=CCC(C)NC(=O)C1CCN(C(=O)CCN2CCC(OC(=O)Nc3ccccc3-c3ccccc3)CC2)CC1. The van der Waals surface area contributed by atoms with Gasteiger partial charge in [0.25, 0.3) is 0 Å². The van der Waals surface area contributed by atoms with Crippen LogP contribution in [0.3, 0.4) is 0 Å². The minimum Gasteiger partial charge on any atom is -0.446 e. The number of nitrogens with zero attached hydrogens (tertiary/aromatic N) is 2. The third-order valence-electron chi connectivity index (χ3n) is 7.83. The second-order valence-electron chi connectivity index (χ2n) is 10.8. The molecule has 40 heavy (non-hydrogen) atoms. The maximum absolute atomic E-state index is 12.8. The van der Waals surface area contributed by atoms with E-state index in [0.29, 0.717) is 38.9 Å². The van der Waals surface area contributed by atoms with Crippen molar-refractivity contribution in [1.29, 1.82) is 0 Å². The van der Waals surface area contributed by atoms with Gasteiger partial charge >= 0.3 is 6.09 Å². The number of carbonyl (C=O) groups is 3. The minimum absolute atomic E-state index is 0.0284. The van der Waals surface area contributed by atoms with Crippen LogP contribution in [0.1, 0.15) is 45.4 Å². The van der Waals surface area contributed by atoms with Crippen LogP contribution in [0.2, 0.25) is 0 Å². The van der Waals surface area contributed by atoms with Crippen molar-refractivity contribution in [2.24, 2.45) is 5.92 Å². The lowest BCUT2D eigenvalue weighted by atomic mass is 9.95. The molecule has 0 saturated carbocycles. The van der Waals surface area contributed by atoms with Crippen LogP contribution in [0.4, 0.5) is 10.5 Å². The maximum atomic E-state index is 12.8. The number of ether oxygens (including phenoxy) is 1. The van der Waals surface area contributed by atoms with Gasteiger partial charge in [0.05, 0.1) is 5.69 Å². The highest BCUT2D eigenvalue weighted by Crippen LogP contribution is 2.28. The van der Waals surface area contributed by atoms with Gasteiger partial charge < -0.3 is 19.9 Å². The molecule has 2 aliphatic heterocycles. The Hall–Kier alpha value is -3.65. The molecule has 2 heterocycles. The molecule has 4 rings (SSSR count). The van der Waals surface area contributed by atoms with Crippen molar-refractivity contribution >= 4 is 23.6 Å².